The van der Waals surface area contributed by atoms with Gasteiger partial charge >= 0.3 is 0 Å². The second-order valence-electron chi connectivity index (χ2n) is 5.58. The number of halogens is 1. The zero-order chi connectivity index (χ0) is 16.7. The normalized spacial score (nSPS) is 11.4. The molecule has 2 amide bonds. The molecular formula is C16H26ClN3O3. The Morgan fingerprint density at radius 3 is 2.48 bits per heavy atom. The van der Waals surface area contributed by atoms with Crippen LogP contribution in [0.25, 0.3) is 0 Å². The smallest absolute Gasteiger partial charge is 0.239 e. The molecule has 0 aromatic heterocycles. The van der Waals surface area contributed by atoms with E-state index in [4.69, 9.17) is 10.5 Å². The van der Waals surface area contributed by atoms with Crippen molar-refractivity contribution in [2.75, 3.05) is 13.7 Å². The molecule has 0 radical (unpaired) electrons. The van der Waals surface area contributed by atoms with E-state index in [9.17, 15) is 9.59 Å². The van der Waals surface area contributed by atoms with Gasteiger partial charge in [0.05, 0.1) is 19.7 Å². The second-order valence-corrected chi connectivity index (χ2v) is 5.58. The molecule has 0 bridgehead atoms. The van der Waals surface area contributed by atoms with Crippen LogP contribution in [0.15, 0.2) is 18.2 Å². The summed E-state index contributed by atoms with van der Waals surface area (Å²) in [5.74, 6) is 0.163. The van der Waals surface area contributed by atoms with Gasteiger partial charge in [0.15, 0.2) is 0 Å². The monoisotopic (exact) mass is 343 g/mol. The Hall–Kier alpha value is -1.79. The first-order valence-electron chi connectivity index (χ1n) is 7.28. The average molecular weight is 344 g/mol. The van der Waals surface area contributed by atoms with Crippen LogP contribution in [0, 0.1) is 12.8 Å². The summed E-state index contributed by atoms with van der Waals surface area (Å²) in [5, 5.41) is 5.27. The zero-order valence-corrected chi connectivity index (χ0v) is 14.8. The third kappa shape index (κ3) is 6.88. The van der Waals surface area contributed by atoms with Crippen molar-refractivity contribution in [1.82, 2.24) is 10.6 Å². The fraction of sp³-hybridized carbons (Fsp3) is 0.500. The highest BCUT2D eigenvalue weighted by Crippen LogP contribution is 2.19. The van der Waals surface area contributed by atoms with E-state index in [1.54, 1.807) is 7.11 Å². The van der Waals surface area contributed by atoms with Gasteiger partial charge in [-0.25, -0.2) is 0 Å². The maximum absolute atomic E-state index is 11.8. The average Bonchev–Trinajstić information content (AvgIpc) is 2.50. The Bertz CT molecular complexity index is 535. The van der Waals surface area contributed by atoms with Gasteiger partial charge in [-0.1, -0.05) is 26.0 Å². The molecule has 1 aromatic carbocycles. The van der Waals surface area contributed by atoms with Gasteiger partial charge in [0.2, 0.25) is 11.8 Å². The molecule has 130 valence electrons. The number of rotatable bonds is 7. The Labute approximate surface area is 143 Å². The van der Waals surface area contributed by atoms with Gasteiger partial charge < -0.3 is 21.1 Å². The van der Waals surface area contributed by atoms with Crippen molar-refractivity contribution in [2.24, 2.45) is 11.7 Å². The van der Waals surface area contributed by atoms with Gasteiger partial charge in [0.25, 0.3) is 0 Å². The van der Waals surface area contributed by atoms with Crippen LogP contribution >= 0.6 is 12.4 Å². The number of carbonyl (C=O) groups excluding carboxylic acids is 2. The predicted molar refractivity (Wildman–Crippen MR) is 92.6 cm³/mol. The van der Waals surface area contributed by atoms with E-state index in [0.717, 1.165) is 16.9 Å². The highest BCUT2D eigenvalue weighted by Gasteiger charge is 2.17. The second kappa shape index (κ2) is 10.1. The molecule has 4 N–H and O–H groups in total. The number of methoxy groups -OCH3 is 1. The lowest BCUT2D eigenvalue weighted by Crippen LogP contribution is -2.47. The number of aryl methyl sites for hydroxylation is 1. The van der Waals surface area contributed by atoms with E-state index >= 15 is 0 Å². The number of ether oxygens (including phenoxy) is 1. The van der Waals surface area contributed by atoms with Crippen LogP contribution in [0.1, 0.15) is 25.0 Å². The Morgan fingerprint density at radius 2 is 1.91 bits per heavy atom. The topological polar surface area (TPSA) is 93.5 Å². The minimum atomic E-state index is -0.606. The molecule has 0 unspecified atom stereocenters. The maximum Gasteiger partial charge on any atom is 0.239 e. The van der Waals surface area contributed by atoms with Crippen molar-refractivity contribution >= 4 is 24.2 Å². The summed E-state index contributed by atoms with van der Waals surface area (Å²) in [6.45, 7) is 5.93. The van der Waals surface area contributed by atoms with E-state index in [1.807, 2.05) is 39.0 Å². The largest absolute Gasteiger partial charge is 0.496 e. The quantitative estimate of drug-likeness (QED) is 0.692. The molecule has 0 spiro atoms. The maximum atomic E-state index is 11.8. The third-order valence-corrected chi connectivity index (χ3v) is 3.36. The van der Waals surface area contributed by atoms with E-state index < -0.39 is 6.04 Å². The summed E-state index contributed by atoms with van der Waals surface area (Å²) in [6.07, 6.45) is 0. The van der Waals surface area contributed by atoms with Crippen molar-refractivity contribution in [3.05, 3.63) is 29.3 Å². The lowest BCUT2D eigenvalue weighted by Gasteiger charge is -2.15. The first kappa shape index (κ1) is 21.2. The molecule has 0 saturated carbocycles. The summed E-state index contributed by atoms with van der Waals surface area (Å²) in [7, 11) is 1.59. The van der Waals surface area contributed by atoms with Gasteiger partial charge in [0.1, 0.15) is 5.75 Å². The molecular weight excluding hydrogens is 318 g/mol. The molecule has 0 saturated heterocycles. The summed E-state index contributed by atoms with van der Waals surface area (Å²) in [4.78, 5) is 23.4. The van der Waals surface area contributed by atoms with Gasteiger partial charge in [-0.15, -0.1) is 12.4 Å². The summed E-state index contributed by atoms with van der Waals surface area (Å²) < 4.78 is 5.28. The minimum absolute atomic E-state index is 0. The molecule has 0 aliphatic carbocycles. The highest BCUT2D eigenvalue weighted by atomic mass is 35.5. The number of hydrogen-bond donors (Lipinski definition) is 3. The molecule has 1 atom stereocenters. The molecule has 23 heavy (non-hydrogen) atoms. The molecule has 1 rings (SSSR count). The number of benzene rings is 1. The fourth-order valence-electron chi connectivity index (χ4n) is 1.84. The van der Waals surface area contributed by atoms with Crippen molar-refractivity contribution < 1.29 is 14.3 Å². The zero-order valence-electron chi connectivity index (χ0n) is 14.0. The highest BCUT2D eigenvalue weighted by molar-refractivity contribution is 5.87. The van der Waals surface area contributed by atoms with Gasteiger partial charge in [0, 0.05) is 12.1 Å². The van der Waals surface area contributed by atoms with E-state index in [1.165, 1.54) is 0 Å². The van der Waals surface area contributed by atoms with E-state index in [-0.39, 0.29) is 36.7 Å². The Kier molecular flexibility index (Phi) is 9.29. The first-order chi connectivity index (χ1) is 10.3. The van der Waals surface area contributed by atoms with Crippen molar-refractivity contribution in [1.29, 1.82) is 0 Å². The number of amides is 2. The Morgan fingerprint density at radius 1 is 1.26 bits per heavy atom. The number of nitrogens with two attached hydrogens (primary N) is 1. The van der Waals surface area contributed by atoms with Gasteiger partial charge in [-0.3, -0.25) is 9.59 Å². The SMILES string of the molecule is COc1cc(C)ccc1CNC(=O)CNC(=O)[C@@H](N)C(C)C.Cl. The predicted octanol–water partition coefficient (Wildman–Crippen LogP) is 1.14. The van der Waals surface area contributed by atoms with Crippen molar-refractivity contribution in [3.63, 3.8) is 0 Å². The van der Waals surface area contributed by atoms with Crippen molar-refractivity contribution in [2.45, 2.75) is 33.4 Å². The number of hydrogen-bond acceptors (Lipinski definition) is 4. The van der Waals surface area contributed by atoms with Crippen LogP contribution in [0.4, 0.5) is 0 Å². The molecule has 0 aliphatic rings. The fourth-order valence-corrected chi connectivity index (χ4v) is 1.84. The van der Waals surface area contributed by atoms with E-state index in [0.29, 0.717) is 6.54 Å². The van der Waals surface area contributed by atoms with Crippen LogP contribution in [0.2, 0.25) is 0 Å². The molecule has 6 nitrogen and oxygen atoms in total. The van der Waals surface area contributed by atoms with Gasteiger partial charge in [-0.2, -0.15) is 0 Å². The van der Waals surface area contributed by atoms with Gasteiger partial charge in [-0.05, 0) is 24.5 Å². The van der Waals surface area contributed by atoms with Crippen LogP contribution in [-0.4, -0.2) is 31.5 Å². The summed E-state index contributed by atoms with van der Waals surface area (Å²) in [5.41, 5.74) is 7.67. The summed E-state index contributed by atoms with van der Waals surface area (Å²) in [6, 6.07) is 5.16. The van der Waals surface area contributed by atoms with Crippen LogP contribution < -0.4 is 21.1 Å². The lowest BCUT2D eigenvalue weighted by molar-refractivity contribution is -0.127. The number of nitrogens with one attached hydrogen (secondary N) is 2. The first-order valence-corrected chi connectivity index (χ1v) is 7.28. The molecule has 0 heterocycles. The lowest BCUT2D eigenvalue weighted by atomic mass is 10.1. The molecule has 0 aliphatic heterocycles. The number of carbonyl (C=O) groups is 2. The minimum Gasteiger partial charge on any atom is -0.496 e. The molecule has 0 fully saturated rings. The Balaban J connectivity index is 0.00000484. The molecule has 7 heteroatoms. The van der Waals surface area contributed by atoms with E-state index in [2.05, 4.69) is 10.6 Å². The summed E-state index contributed by atoms with van der Waals surface area (Å²) >= 11 is 0. The molecule has 1 aromatic rings. The van der Waals surface area contributed by atoms with Crippen LogP contribution in [-0.2, 0) is 16.1 Å². The van der Waals surface area contributed by atoms with Crippen molar-refractivity contribution in [3.8, 4) is 5.75 Å². The standard InChI is InChI=1S/C16H25N3O3.ClH/c1-10(2)15(17)16(21)19-9-14(20)18-8-12-6-5-11(3)7-13(12)22-4;/h5-7,10,15H,8-9,17H2,1-4H3,(H,18,20)(H,19,21);1H/t15-;/m0./s1. The van der Waals surface area contributed by atoms with Crippen LogP contribution in [0.5, 0.6) is 5.75 Å². The third-order valence-electron chi connectivity index (χ3n) is 3.36. The van der Waals surface area contributed by atoms with Crippen LogP contribution in [0.3, 0.4) is 0 Å².